The summed E-state index contributed by atoms with van der Waals surface area (Å²) in [6.07, 6.45) is 1.64. The van der Waals surface area contributed by atoms with Crippen LogP contribution in [0, 0.1) is 11.3 Å². The van der Waals surface area contributed by atoms with Gasteiger partial charge in [0, 0.05) is 6.20 Å². The molecule has 1 aromatic rings. The van der Waals surface area contributed by atoms with E-state index in [1.54, 1.807) is 6.20 Å². The first-order valence-corrected chi connectivity index (χ1v) is 3.60. The van der Waals surface area contributed by atoms with E-state index in [-0.39, 0.29) is 12.4 Å². The maximum absolute atomic E-state index is 8.65. The second kappa shape index (κ2) is 4.74. The Labute approximate surface area is 78.7 Å². The molecule has 0 radical (unpaired) electrons. The average Bonchev–Trinajstić information content (AvgIpc) is 2.04. The lowest BCUT2D eigenvalue weighted by Crippen LogP contribution is -1.94. The van der Waals surface area contributed by atoms with Crippen LogP contribution in [0.5, 0.6) is 0 Å². The zero-order chi connectivity index (χ0) is 8.27. The molecule has 2 nitrogen and oxygen atoms in total. The summed E-state index contributed by atoms with van der Waals surface area (Å²) in [5, 5.41) is 8.65. The van der Waals surface area contributed by atoms with E-state index in [0.717, 1.165) is 5.56 Å². The van der Waals surface area contributed by atoms with E-state index in [1.807, 2.05) is 12.1 Å². The Kier molecular flexibility index (Phi) is 4.31. The smallest absolute Gasteiger partial charge is 0.143 e. The van der Waals surface area contributed by atoms with Crippen LogP contribution >= 0.6 is 12.4 Å². The van der Waals surface area contributed by atoms with E-state index in [4.69, 9.17) is 5.26 Å². The quantitative estimate of drug-likeness (QED) is 0.669. The van der Waals surface area contributed by atoms with Gasteiger partial charge in [0.2, 0.25) is 0 Å². The van der Waals surface area contributed by atoms with Crippen molar-refractivity contribution in [2.45, 2.75) is 19.8 Å². The van der Waals surface area contributed by atoms with Gasteiger partial charge in [-0.05, 0) is 17.5 Å². The second-order valence-electron chi connectivity index (χ2n) is 2.71. The van der Waals surface area contributed by atoms with Crippen LogP contribution in [0.1, 0.15) is 31.0 Å². The Morgan fingerprint density at radius 1 is 1.50 bits per heavy atom. The number of rotatable bonds is 1. The summed E-state index contributed by atoms with van der Waals surface area (Å²) in [4.78, 5) is 3.96. The molecule has 0 aliphatic heterocycles. The van der Waals surface area contributed by atoms with Crippen molar-refractivity contribution < 1.29 is 0 Å². The van der Waals surface area contributed by atoms with Crippen LogP contribution < -0.4 is 0 Å². The predicted octanol–water partition coefficient (Wildman–Crippen LogP) is 2.50. The molecule has 0 aliphatic carbocycles. The zero-order valence-electron chi connectivity index (χ0n) is 7.11. The Morgan fingerprint density at radius 2 is 2.17 bits per heavy atom. The highest BCUT2D eigenvalue weighted by molar-refractivity contribution is 5.85. The van der Waals surface area contributed by atoms with Crippen molar-refractivity contribution in [1.29, 1.82) is 5.26 Å². The fourth-order valence-corrected chi connectivity index (χ4v) is 0.977. The van der Waals surface area contributed by atoms with Gasteiger partial charge in [-0.2, -0.15) is 5.26 Å². The number of aromatic nitrogens is 1. The molecule has 0 fully saturated rings. The van der Waals surface area contributed by atoms with Gasteiger partial charge in [0.15, 0.2) is 0 Å². The fraction of sp³-hybridized carbons (Fsp3) is 0.333. The topological polar surface area (TPSA) is 36.7 Å². The molecule has 0 aliphatic rings. The van der Waals surface area contributed by atoms with Gasteiger partial charge in [-0.15, -0.1) is 12.4 Å². The van der Waals surface area contributed by atoms with Crippen molar-refractivity contribution >= 4 is 12.4 Å². The zero-order valence-corrected chi connectivity index (χ0v) is 7.93. The minimum atomic E-state index is 0. The average molecular weight is 183 g/mol. The molecule has 3 heteroatoms. The van der Waals surface area contributed by atoms with Gasteiger partial charge in [0.05, 0.1) is 0 Å². The molecule has 1 aromatic heterocycles. The molecule has 0 spiro atoms. The summed E-state index contributed by atoms with van der Waals surface area (Å²) in [6, 6.07) is 5.86. The first-order valence-electron chi connectivity index (χ1n) is 3.60. The molecule has 0 amide bonds. The van der Waals surface area contributed by atoms with Crippen LogP contribution in [0.4, 0.5) is 0 Å². The van der Waals surface area contributed by atoms with Gasteiger partial charge in [-0.3, -0.25) is 0 Å². The Morgan fingerprint density at radius 3 is 2.58 bits per heavy atom. The largest absolute Gasteiger partial charge is 0.245 e. The van der Waals surface area contributed by atoms with Gasteiger partial charge in [-0.25, -0.2) is 4.98 Å². The van der Waals surface area contributed by atoms with Gasteiger partial charge in [0.25, 0.3) is 0 Å². The Balaban J connectivity index is 0.00000121. The van der Waals surface area contributed by atoms with Crippen LogP contribution in [0.2, 0.25) is 0 Å². The van der Waals surface area contributed by atoms with E-state index in [0.29, 0.717) is 11.6 Å². The summed E-state index contributed by atoms with van der Waals surface area (Å²) < 4.78 is 0. The van der Waals surface area contributed by atoms with E-state index in [1.165, 1.54) is 0 Å². The first-order chi connectivity index (χ1) is 5.25. The number of nitriles is 1. The van der Waals surface area contributed by atoms with Crippen LogP contribution in [-0.2, 0) is 0 Å². The summed E-state index contributed by atoms with van der Waals surface area (Å²) in [6.45, 7) is 4.11. The number of hydrogen-bond donors (Lipinski definition) is 0. The molecule has 0 aromatic carbocycles. The van der Waals surface area contributed by atoms with E-state index in [9.17, 15) is 0 Å². The number of pyridine rings is 1. The predicted molar refractivity (Wildman–Crippen MR) is 50.3 cm³/mol. The summed E-state index contributed by atoms with van der Waals surface area (Å²) >= 11 is 0. The monoisotopic (exact) mass is 182 g/mol. The Hall–Kier alpha value is -1.07. The number of hydrogen-bond acceptors (Lipinski definition) is 2. The molecule has 0 N–H and O–H groups in total. The molecule has 0 saturated carbocycles. The second-order valence-corrected chi connectivity index (χ2v) is 2.71. The lowest BCUT2D eigenvalue weighted by atomic mass is 10.0. The number of halogens is 1. The van der Waals surface area contributed by atoms with Crippen molar-refractivity contribution in [3.8, 4) is 6.07 Å². The summed E-state index contributed by atoms with van der Waals surface area (Å²) in [7, 11) is 0. The van der Waals surface area contributed by atoms with E-state index >= 15 is 0 Å². The van der Waals surface area contributed by atoms with Crippen LogP contribution in [-0.4, -0.2) is 4.98 Å². The summed E-state index contributed by atoms with van der Waals surface area (Å²) in [5.74, 6) is 0.373. The van der Waals surface area contributed by atoms with Crippen LogP contribution in [0.15, 0.2) is 18.3 Å². The van der Waals surface area contributed by atoms with Gasteiger partial charge in [-0.1, -0.05) is 19.9 Å². The van der Waals surface area contributed by atoms with Crippen molar-refractivity contribution in [3.63, 3.8) is 0 Å². The molecular weight excluding hydrogens is 172 g/mol. The van der Waals surface area contributed by atoms with Crippen molar-refractivity contribution in [2.24, 2.45) is 0 Å². The van der Waals surface area contributed by atoms with Gasteiger partial charge < -0.3 is 0 Å². The molecule has 1 rings (SSSR count). The van der Waals surface area contributed by atoms with Crippen molar-refractivity contribution in [3.05, 3.63) is 29.6 Å². The molecule has 0 atom stereocenters. The minimum Gasteiger partial charge on any atom is -0.245 e. The molecule has 12 heavy (non-hydrogen) atoms. The molecule has 1 heterocycles. The van der Waals surface area contributed by atoms with Crippen molar-refractivity contribution in [1.82, 2.24) is 4.98 Å². The lowest BCUT2D eigenvalue weighted by molar-refractivity contribution is 0.852. The SMILES string of the molecule is CC(C)c1cccnc1C#N.Cl. The third-order valence-corrected chi connectivity index (χ3v) is 1.57. The van der Waals surface area contributed by atoms with Gasteiger partial charge >= 0.3 is 0 Å². The fourth-order valence-electron chi connectivity index (χ4n) is 0.977. The molecule has 0 bridgehead atoms. The highest BCUT2D eigenvalue weighted by Gasteiger charge is 2.04. The highest BCUT2D eigenvalue weighted by Crippen LogP contribution is 2.15. The minimum absolute atomic E-state index is 0. The number of nitrogens with zero attached hydrogens (tertiary/aromatic N) is 2. The maximum atomic E-state index is 8.65. The molecule has 0 unspecified atom stereocenters. The standard InChI is InChI=1S/C9H10N2.ClH/c1-7(2)8-4-3-5-11-9(8)6-10;/h3-5,7H,1-2H3;1H. The molecule has 0 saturated heterocycles. The normalized spacial score (nSPS) is 8.83. The third kappa shape index (κ3) is 2.21. The maximum Gasteiger partial charge on any atom is 0.143 e. The van der Waals surface area contributed by atoms with Crippen molar-refractivity contribution in [2.75, 3.05) is 0 Å². The molecular formula is C9H11ClN2. The van der Waals surface area contributed by atoms with Crippen LogP contribution in [0.25, 0.3) is 0 Å². The van der Waals surface area contributed by atoms with Gasteiger partial charge in [0.1, 0.15) is 11.8 Å². The Bertz CT molecular complexity index is 289. The third-order valence-electron chi connectivity index (χ3n) is 1.57. The van der Waals surface area contributed by atoms with E-state index < -0.39 is 0 Å². The first kappa shape index (κ1) is 10.9. The summed E-state index contributed by atoms with van der Waals surface area (Å²) in [5.41, 5.74) is 1.57. The van der Waals surface area contributed by atoms with Crippen LogP contribution in [0.3, 0.4) is 0 Å². The lowest BCUT2D eigenvalue weighted by Gasteiger charge is -2.04. The van der Waals surface area contributed by atoms with E-state index in [2.05, 4.69) is 24.9 Å². The highest BCUT2D eigenvalue weighted by atomic mass is 35.5. The molecule has 64 valence electrons.